The Bertz CT molecular complexity index is 944. The summed E-state index contributed by atoms with van der Waals surface area (Å²) in [6.07, 6.45) is 2.82. The largest absolute Gasteiger partial charge is 0.344 e. The molecule has 2 aromatic heterocycles. The molecule has 0 aliphatic heterocycles. The lowest BCUT2D eigenvalue weighted by molar-refractivity contribution is -0.105. The van der Waals surface area contributed by atoms with Crippen LogP contribution in [-0.4, -0.2) is 21.7 Å². The first-order valence-electron chi connectivity index (χ1n) is 8.10. The van der Waals surface area contributed by atoms with Crippen LogP contribution in [0.2, 0.25) is 5.02 Å². The van der Waals surface area contributed by atoms with Crippen molar-refractivity contribution in [2.75, 3.05) is 5.32 Å². The summed E-state index contributed by atoms with van der Waals surface area (Å²) in [4.78, 5) is 27.7. The van der Waals surface area contributed by atoms with E-state index in [0.29, 0.717) is 34.8 Å². The molecule has 26 heavy (non-hydrogen) atoms. The standard InChI is InChI=1S/C20H18ClN3O2/c1-13-9-18(10-16-7-8-17(11-22-16)23-12-25)24(2)19(13)20(26)14-3-5-15(21)6-4-14/h3-9,11-12H,10H2,1-2H3,(H,23,25). The molecule has 0 fully saturated rings. The van der Waals surface area contributed by atoms with Crippen LogP contribution in [0.25, 0.3) is 0 Å². The second-order valence-electron chi connectivity index (χ2n) is 6.04. The van der Waals surface area contributed by atoms with Crippen molar-refractivity contribution in [1.29, 1.82) is 0 Å². The smallest absolute Gasteiger partial charge is 0.211 e. The molecule has 0 aliphatic rings. The van der Waals surface area contributed by atoms with Gasteiger partial charge in [0.25, 0.3) is 0 Å². The Morgan fingerprint density at radius 1 is 1.23 bits per heavy atom. The summed E-state index contributed by atoms with van der Waals surface area (Å²) in [6.45, 7) is 1.93. The van der Waals surface area contributed by atoms with Crippen LogP contribution in [0, 0.1) is 6.92 Å². The summed E-state index contributed by atoms with van der Waals surface area (Å²) in [5.41, 5.74) is 4.66. The van der Waals surface area contributed by atoms with Crippen molar-refractivity contribution >= 4 is 29.5 Å². The van der Waals surface area contributed by atoms with Crippen LogP contribution in [0.1, 0.15) is 33.0 Å². The van der Waals surface area contributed by atoms with Gasteiger partial charge < -0.3 is 9.88 Å². The molecule has 0 radical (unpaired) electrons. The third kappa shape index (κ3) is 3.68. The quantitative estimate of drug-likeness (QED) is 0.532. The zero-order valence-electron chi connectivity index (χ0n) is 14.5. The predicted octanol–water partition coefficient (Wildman–Crippen LogP) is 3.77. The fourth-order valence-electron chi connectivity index (χ4n) is 2.93. The third-order valence-corrected chi connectivity index (χ3v) is 4.51. The first-order valence-corrected chi connectivity index (χ1v) is 8.48. The summed E-state index contributed by atoms with van der Waals surface area (Å²) >= 11 is 5.90. The number of anilines is 1. The summed E-state index contributed by atoms with van der Waals surface area (Å²) < 4.78 is 1.91. The van der Waals surface area contributed by atoms with Crippen molar-refractivity contribution in [2.45, 2.75) is 13.3 Å². The van der Waals surface area contributed by atoms with Gasteiger partial charge in [0.05, 0.1) is 17.6 Å². The first-order chi connectivity index (χ1) is 12.5. The molecule has 132 valence electrons. The average Bonchev–Trinajstić information content (AvgIpc) is 2.90. The highest BCUT2D eigenvalue weighted by atomic mass is 35.5. The maximum atomic E-state index is 12.9. The van der Waals surface area contributed by atoms with E-state index in [2.05, 4.69) is 10.3 Å². The molecule has 0 aliphatic carbocycles. The second-order valence-corrected chi connectivity index (χ2v) is 6.48. The molecule has 5 nitrogen and oxygen atoms in total. The van der Waals surface area contributed by atoms with Crippen molar-refractivity contribution in [3.63, 3.8) is 0 Å². The molecule has 3 rings (SSSR count). The maximum Gasteiger partial charge on any atom is 0.211 e. The van der Waals surface area contributed by atoms with Gasteiger partial charge in [-0.05, 0) is 55.0 Å². The Morgan fingerprint density at radius 3 is 2.58 bits per heavy atom. The number of carbonyl (C=O) groups is 2. The minimum atomic E-state index is -0.0357. The lowest BCUT2D eigenvalue weighted by atomic mass is 10.1. The van der Waals surface area contributed by atoms with Gasteiger partial charge in [0, 0.05) is 35.4 Å². The summed E-state index contributed by atoms with van der Waals surface area (Å²) in [5.74, 6) is -0.0357. The Morgan fingerprint density at radius 2 is 1.96 bits per heavy atom. The number of rotatable bonds is 6. The summed E-state index contributed by atoms with van der Waals surface area (Å²) in [6, 6.07) is 12.6. The highest BCUT2D eigenvalue weighted by Gasteiger charge is 2.18. The van der Waals surface area contributed by atoms with Gasteiger partial charge in [0.2, 0.25) is 12.2 Å². The molecule has 1 aromatic carbocycles. The molecule has 1 N–H and O–H groups in total. The SMILES string of the molecule is Cc1cc(Cc2ccc(NC=O)cn2)n(C)c1C(=O)c1ccc(Cl)cc1. The molecule has 0 spiro atoms. The van der Waals surface area contributed by atoms with Gasteiger partial charge in [-0.1, -0.05) is 11.6 Å². The number of carbonyl (C=O) groups excluding carboxylic acids is 2. The van der Waals surface area contributed by atoms with E-state index in [9.17, 15) is 9.59 Å². The highest BCUT2D eigenvalue weighted by Crippen LogP contribution is 2.21. The Balaban J connectivity index is 1.86. The number of amides is 1. The number of nitrogens with one attached hydrogen (secondary N) is 1. The van der Waals surface area contributed by atoms with E-state index in [1.165, 1.54) is 0 Å². The van der Waals surface area contributed by atoms with Gasteiger partial charge in [0.1, 0.15) is 0 Å². The molecule has 6 heteroatoms. The van der Waals surface area contributed by atoms with E-state index in [-0.39, 0.29) is 5.78 Å². The van der Waals surface area contributed by atoms with Gasteiger partial charge in [-0.2, -0.15) is 0 Å². The van der Waals surface area contributed by atoms with Gasteiger partial charge in [-0.3, -0.25) is 14.6 Å². The molecule has 0 saturated heterocycles. The molecule has 0 atom stereocenters. The van der Waals surface area contributed by atoms with Crippen molar-refractivity contribution in [2.24, 2.45) is 7.05 Å². The number of hydrogen-bond acceptors (Lipinski definition) is 3. The van der Waals surface area contributed by atoms with E-state index >= 15 is 0 Å². The molecule has 3 aromatic rings. The molecule has 0 saturated carbocycles. The number of halogens is 1. The molecular weight excluding hydrogens is 350 g/mol. The second kappa shape index (κ2) is 7.54. The fraction of sp³-hybridized carbons (Fsp3) is 0.150. The Hall–Kier alpha value is -2.92. The van der Waals surface area contributed by atoms with Crippen molar-refractivity contribution < 1.29 is 9.59 Å². The van der Waals surface area contributed by atoms with Crippen LogP contribution in [-0.2, 0) is 18.3 Å². The zero-order chi connectivity index (χ0) is 18.7. The minimum Gasteiger partial charge on any atom is -0.344 e. The first kappa shape index (κ1) is 17.9. The topological polar surface area (TPSA) is 64.0 Å². The average molecular weight is 368 g/mol. The zero-order valence-corrected chi connectivity index (χ0v) is 15.2. The van der Waals surface area contributed by atoms with Crippen LogP contribution in [0.15, 0.2) is 48.7 Å². The van der Waals surface area contributed by atoms with E-state index in [0.717, 1.165) is 17.0 Å². The van der Waals surface area contributed by atoms with E-state index in [4.69, 9.17) is 11.6 Å². The van der Waals surface area contributed by atoms with E-state index < -0.39 is 0 Å². The Labute approximate surface area is 156 Å². The summed E-state index contributed by atoms with van der Waals surface area (Å²) in [5, 5.41) is 3.16. The molecular formula is C20H18ClN3O2. The van der Waals surface area contributed by atoms with Crippen LogP contribution in [0.3, 0.4) is 0 Å². The molecule has 2 heterocycles. The number of benzene rings is 1. The summed E-state index contributed by atoms with van der Waals surface area (Å²) in [7, 11) is 1.88. The van der Waals surface area contributed by atoms with E-state index in [1.54, 1.807) is 36.5 Å². The lowest BCUT2D eigenvalue weighted by Crippen LogP contribution is -2.11. The van der Waals surface area contributed by atoms with Crippen LogP contribution in [0.5, 0.6) is 0 Å². The van der Waals surface area contributed by atoms with Gasteiger partial charge in [-0.15, -0.1) is 0 Å². The van der Waals surface area contributed by atoms with Gasteiger partial charge in [-0.25, -0.2) is 0 Å². The van der Waals surface area contributed by atoms with Gasteiger partial charge in [0.15, 0.2) is 0 Å². The molecule has 0 bridgehead atoms. The number of aryl methyl sites for hydroxylation is 1. The number of pyridine rings is 1. The van der Waals surface area contributed by atoms with Crippen LogP contribution < -0.4 is 5.32 Å². The van der Waals surface area contributed by atoms with Crippen molar-refractivity contribution in [3.05, 3.63) is 81.9 Å². The number of nitrogens with zero attached hydrogens (tertiary/aromatic N) is 2. The number of aromatic nitrogens is 2. The third-order valence-electron chi connectivity index (χ3n) is 4.26. The monoisotopic (exact) mass is 367 g/mol. The van der Waals surface area contributed by atoms with E-state index in [1.807, 2.05) is 30.7 Å². The van der Waals surface area contributed by atoms with Crippen LogP contribution >= 0.6 is 11.6 Å². The number of hydrogen-bond donors (Lipinski definition) is 1. The minimum absolute atomic E-state index is 0.0357. The highest BCUT2D eigenvalue weighted by molar-refractivity contribution is 6.30. The van der Waals surface area contributed by atoms with Crippen molar-refractivity contribution in [3.8, 4) is 0 Å². The van der Waals surface area contributed by atoms with Gasteiger partial charge >= 0.3 is 0 Å². The molecule has 0 unspecified atom stereocenters. The maximum absolute atomic E-state index is 12.9. The van der Waals surface area contributed by atoms with Crippen LogP contribution in [0.4, 0.5) is 5.69 Å². The Kier molecular flexibility index (Phi) is 5.19. The number of ketones is 1. The lowest BCUT2D eigenvalue weighted by Gasteiger charge is -2.08. The molecule has 1 amide bonds. The van der Waals surface area contributed by atoms with Crippen molar-refractivity contribution in [1.82, 2.24) is 9.55 Å². The predicted molar refractivity (Wildman–Crippen MR) is 102 cm³/mol. The fourth-order valence-corrected chi connectivity index (χ4v) is 3.06. The normalized spacial score (nSPS) is 10.6.